The maximum Gasteiger partial charge on any atom is 0.345 e. The van der Waals surface area contributed by atoms with Crippen molar-refractivity contribution in [3.8, 4) is 0 Å². The van der Waals surface area contributed by atoms with E-state index in [1.807, 2.05) is 0 Å². The van der Waals surface area contributed by atoms with E-state index in [4.69, 9.17) is 5.11 Å². The van der Waals surface area contributed by atoms with E-state index in [1.165, 1.54) is 0 Å². The molecular formula is C7H5BrN4O4S2. The molecule has 0 aliphatic heterocycles. The molecule has 0 aromatic carbocycles. The molecule has 3 N–H and O–H groups in total. The van der Waals surface area contributed by atoms with Gasteiger partial charge in [0, 0.05) is 0 Å². The number of rotatable bonds is 4. The van der Waals surface area contributed by atoms with E-state index >= 15 is 0 Å². The zero-order chi connectivity index (χ0) is 13.3. The molecule has 8 nitrogen and oxygen atoms in total. The van der Waals surface area contributed by atoms with Gasteiger partial charge in [0.15, 0.2) is 0 Å². The van der Waals surface area contributed by atoms with E-state index in [0.717, 1.165) is 23.7 Å². The minimum atomic E-state index is -3.91. The van der Waals surface area contributed by atoms with Crippen LogP contribution in [0.3, 0.4) is 0 Å². The molecule has 2 rings (SSSR count). The molecule has 0 spiro atoms. The highest BCUT2D eigenvalue weighted by molar-refractivity contribution is 9.11. The molecule has 0 fully saturated rings. The van der Waals surface area contributed by atoms with Gasteiger partial charge in [0.1, 0.15) is 16.1 Å². The molecule has 0 saturated heterocycles. The summed E-state index contributed by atoms with van der Waals surface area (Å²) in [6, 6.07) is 1.07. The zero-order valence-corrected chi connectivity index (χ0v) is 11.6. The van der Waals surface area contributed by atoms with Crippen LogP contribution in [0.15, 0.2) is 21.1 Å². The molecule has 18 heavy (non-hydrogen) atoms. The van der Waals surface area contributed by atoms with Crippen molar-refractivity contribution in [3.63, 3.8) is 0 Å². The number of halogens is 1. The number of sulfonamides is 1. The van der Waals surface area contributed by atoms with Crippen LogP contribution in [0.2, 0.25) is 0 Å². The molecule has 0 unspecified atom stereocenters. The molecule has 0 amide bonds. The third-order valence-corrected chi connectivity index (χ3v) is 5.38. The molecule has 0 bridgehead atoms. The van der Waals surface area contributed by atoms with Gasteiger partial charge in [-0.1, -0.05) is 0 Å². The third-order valence-electron chi connectivity index (χ3n) is 1.80. The van der Waals surface area contributed by atoms with Crippen LogP contribution in [0.25, 0.3) is 0 Å². The first kappa shape index (κ1) is 13.0. The van der Waals surface area contributed by atoms with Crippen LogP contribution in [-0.4, -0.2) is 34.7 Å². The average molecular weight is 353 g/mol. The number of carboxylic acid groups (broad SMARTS) is 1. The third kappa shape index (κ3) is 2.52. The summed E-state index contributed by atoms with van der Waals surface area (Å²) in [4.78, 5) is 14.1. The van der Waals surface area contributed by atoms with E-state index in [1.54, 1.807) is 0 Å². The highest BCUT2D eigenvalue weighted by atomic mass is 79.9. The van der Waals surface area contributed by atoms with Gasteiger partial charge in [0.2, 0.25) is 5.95 Å². The van der Waals surface area contributed by atoms with Crippen LogP contribution in [0.5, 0.6) is 0 Å². The quantitative estimate of drug-likeness (QED) is 0.757. The highest BCUT2D eigenvalue weighted by Crippen LogP contribution is 2.32. The maximum atomic E-state index is 11.9. The van der Waals surface area contributed by atoms with Crippen LogP contribution in [0, 0.1) is 0 Å². The molecule has 0 aliphatic rings. The summed E-state index contributed by atoms with van der Waals surface area (Å²) >= 11 is 3.83. The molecule has 0 saturated carbocycles. The molecule has 96 valence electrons. The number of aromatic carboxylic acids is 1. The van der Waals surface area contributed by atoms with Crippen LogP contribution < -0.4 is 4.72 Å². The largest absolute Gasteiger partial charge is 0.477 e. The average Bonchev–Trinajstić information content (AvgIpc) is 2.86. The number of aromatic nitrogens is 3. The predicted molar refractivity (Wildman–Crippen MR) is 66.2 cm³/mol. The van der Waals surface area contributed by atoms with E-state index in [-0.39, 0.29) is 19.5 Å². The minimum absolute atomic E-state index is 0.0509. The number of nitrogens with zero attached hydrogens (tertiary/aromatic N) is 2. The van der Waals surface area contributed by atoms with E-state index < -0.39 is 16.0 Å². The number of anilines is 1. The molecule has 0 atom stereocenters. The summed E-state index contributed by atoms with van der Waals surface area (Å²) in [5.74, 6) is -1.24. The van der Waals surface area contributed by atoms with Crippen molar-refractivity contribution in [1.82, 2.24) is 15.2 Å². The summed E-state index contributed by atoms with van der Waals surface area (Å²) in [6.45, 7) is 0. The summed E-state index contributed by atoms with van der Waals surface area (Å²) < 4.78 is 26.2. The van der Waals surface area contributed by atoms with Gasteiger partial charge >= 0.3 is 5.97 Å². The van der Waals surface area contributed by atoms with Gasteiger partial charge < -0.3 is 5.11 Å². The number of carboxylic acids is 1. The Bertz CT molecular complexity index is 678. The Hall–Kier alpha value is -1.46. The summed E-state index contributed by atoms with van der Waals surface area (Å²) in [5, 5.41) is 14.6. The Morgan fingerprint density at radius 3 is 2.78 bits per heavy atom. The molecule has 2 aromatic heterocycles. The lowest BCUT2D eigenvalue weighted by Crippen LogP contribution is -2.13. The fraction of sp³-hybridized carbons (Fsp3) is 0. The van der Waals surface area contributed by atoms with Crippen LogP contribution in [0.1, 0.15) is 9.67 Å². The van der Waals surface area contributed by atoms with Crippen molar-refractivity contribution in [3.05, 3.63) is 21.1 Å². The first-order valence-corrected chi connectivity index (χ1v) is 7.40. The summed E-state index contributed by atoms with van der Waals surface area (Å²) in [6.07, 6.45) is 1.14. The second kappa shape index (κ2) is 4.66. The maximum absolute atomic E-state index is 11.9. The Balaban J connectivity index is 2.38. The number of thiophene rings is 1. The fourth-order valence-corrected chi connectivity index (χ4v) is 4.45. The second-order valence-corrected chi connectivity index (χ2v) is 7.01. The van der Waals surface area contributed by atoms with Crippen LogP contribution in [0.4, 0.5) is 5.95 Å². The lowest BCUT2D eigenvalue weighted by molar-refractivity contribution is 0.0702. The van der Waals surface area contributed by atoms with Gasteiger partial charge in [-0.2, -0.15) is 10.1 Å². The monoisotopic (exact) mass is 352 g/mol. The smallest absolute Gasteiger partial charge is 0.345 e. The van der Waals surface area contributed by atoms with Crippen molar-refractivity contribution < 1.29 is 18.3 Å². The SMILES string of the molecule is O=C(O)c1cc(S(=O)(=O)Nc2ncn[nH]2)c(Br)s1. The molecular weight excluding hydrogens is 348 g/mol. The van der Waals surface area contributed by atoms with Gasteiger partial charge in [0.05, 0.1) is 3.79 Å². The van der Waals surface area contributed by atoms with Gasteiger partial charge in [0.25, 0.3) is 10.0 Å². The standard InChI is InChI=1S/C7H5BrN4O4S2/c8-5-4(1-3(17-5)6(13)14)18(15,16)12-7-9-2-10-11-7/h1-2H,(H,13,14)(H2,9,10,11,12). The number of H-pyrrole nitrogens is 1. The highest BCUT2D eigenvalue weighted by Gasteiger charge is 2.23. The lowest BCUT2D eigenvalue weighted by atomic mass is 10.5. The summed E-state index contributed by atoms with van der Waals surface area (Å²) in [7, 11) is -3.91. The van der Waals surface area contributed by atoms with Gasteiger partial charge in [-0.05, 0) is 22.0 Å². The predicted octanol–water partition coefficient (Wildman–Crippen LogP) is 1.13. The van der Waals surface area contributed by atoms with Crippen molar-refractivity contribution >= 4 is 49.2 Å². The number of hydrogen-bond acceptors (Lipinski definition) is 6. The first-order valence-electron chi connectivity index (χ1n) is 4.31. The molecule has 0 radical (unpaired) electrons. The Kier molecular flexibility index (Phi) is 3.36. The molecule has 2 aromatic rings. The Morgan fingerprint density at radius 1 is 1.56 bits per heavy atom. The fourth-order valence-electron chi connectivity index (χ4n) is 1.08. The van der Waals surface area contributed by atoms with Crippen molar-refractivity contribution in [1.29, 1.82) is 0 Å². The number of carbonyl (C=O) groups is 1. The Labute approximate surface area is 113 Å². The summed E-state index contributed by atoms with van der Waals surface area (Å²) in [5.41, 5.74) is 0. The first-order chi connectivity index (χ1) is 8.40. The van der Waals surface area contributed by atoms with E-state index in [0.29, 0.717) is 0 Å². The number of nitrogens with one attached hydrogen (secondary N) is 2. The lowest BCUT2D eigenvalue weighted by Gasteiger charge is -2.02. The van der Waals surface area contributed by atoms with Crippen molar-refractivity contribution in [2.45, 2.75) is 4.90 Å². The molecule has 2 heterocycles. The topological polar surface area (TPSA) is 125 Å². The van der Waals surface area contributed by atoms with Gasteiger partial charge in [-0.3, -0.25) is 0 Å². The van der Waals surface area contributed by atoms with E-state index in [9.17, 15) is 13.2 Å². The zero-order valence-electron chi connectivity index (χ0n) is 8.42. The van der Waals surface area contributed by atoms with Crippen LogP contribution in [-0.2, 0) is 10.0 Å². The van der Waals surface area contributed by atoms with Crippen molar-refractivity contribution in [2.24, 2.45) is 0 Å². The normalized spacial score (nSPS) is 11.4. The minimum Gasteiger partial charge on any atom is -0.477 e. The van der Waals surface area contributed by atoms with Crippen LogP contribution >= 0.6 is 27.3 Å². The molecule has 0 aliphatic carbocycles. The Morgan fingerprint density at radius 2 is 2.28 bits per heavy atom. The van der Waals surface area contributed by atoms with E-state index in [2.05, 4.69) is 35.8 Å². The number of aromatic amines is 1. The number of hydrogen-bond donors (Lipinski definition) is 3. The molecule has 11 heteroatoms. The van der Waals surface area contributed by atoms with Gasteiger partial charge in [-0.25, -0.2) is 23.0 Å². The second-order valence-electron chi connectivity index (χ2n) is 2.99. The van der Waals surface area contributed by atoms with Gasteiger partial charge in [-0.15, -0.1) is 11.3 Å². The van der Waals surface area contributed by atoms with Crippen molar-refractivity contribution in [2.75, 3.05) is 4.72 Å².